The van der Waals surface area contributed by atoms with Gasteiger partial charge in [-0.25, -0.2) is 4.98 Å². The highest BCUT2D eigenvalue weighted by atomic mass is 35.5. The molecule has 0 aliphatic heterocycles. The summed E-state index contributed by atoms with van der Waals surface area (Å²) in [6.07, 6.45) is 2.36. The van der Waals surface area contributed by atoms with E-state index in [2.05, 4.69) is 10.3 Å². The first-order valence-electron chi connectivity index (χ1n) is 11.3. The fourth-order valence-electron chi connectivity index (χ4n) is 4.30. The van der Waals surface area contributed by atoms with Crippen LogP contribution in [0.15, 0.2) is 85.1 Å². The summed E-state index contributed by atoms with van der Waals surface area (Å²) in [5.74, 6) is 1.33. The van der Waals surface area contributed by atoms with Gasteiger partial charge in [-0.3, -0.25) is 4.79 Å². The van der Waals surface area contributed by atoms with Crippen molar-refractivity contribution >= 4 is 28.4 Å². The van der Waals surface area contributed by atoms with Crippen LogP contribution in [0.1, 0.15) is 27.9 Å². The lowest BCUT2D eigenvalue weighted by Crippen LogP contribution is -2.32. The molecule has 0 saturated carbocycles. The predicted octanol–water partition coefficient (Wildman–Crippen LogP) is 5.94. The van der Waals surface area contributed by atoms with Gasteiger partial charge < -0.3 is 19.6 Å². The zero-order valence-corrected chi connectivity index (χ0v) is 20.2. The number of ether oxygens (including phenoxy) is 1. The first-order chi connectivity index (χ1) is 17.0. The number of hydrogen-bond acceptors (Lipinski definition) is 3. The van der Waals surface area contributed by atoms with Crippen molar-refractivity contribution in [1.82, 2.24) is 19.9 Å². The first-order valence-corrected chi connectivity index (χ1v) is 11.7. The normalized spacial score (nSPS) is 12.0. The number of H-pyrrole nitrogens is 1. The molecule has 2 heterocycles. The number of imidazole rings is 1. The highest BCUT2D eigenvalue weighted by Gasteiger charge is 2.23. The van der Waals surface area contributed by atoms with E-state index in [4.69, 9.17) is 21.3 Å². The zero-order chi connectivity index (χ0) is 24.4. The number of rotatable bonds is 7. The molecule has 1 amide bonds. The molecule has 2 N–H and O–H groups in total. The van der Waals surface area contributed by atoms with E-state index in [9.17, 15) is 4.79 Å². The molecule has 0 fully saturated rings. The van der Waals surface area contributed by atoms with Gasteiger partial charge in [0.2, 0.25) is 0 Å². The summed E-state index contributed by atoms with van der Waals surface area (Å²) in [5.41, 5.74) is 4.25. The number of para-hydroxylation sites is 1. The lowest BCUT2D eigenvalue weighted by molar-refractivity contribution is 0.0930. The molecule has 0 unspecified atom stereocenters. The monoisotopic (exact) mass is 484 g/mol. The van der Waals surface area contributed by atoms with Crippen LogP contribution in [0, 0.1) is 0 Å². The molecular weight excluding hydrogens is 460 g/mol. The molecule has 0 radical (unpaired) electrons. The van der Waals surface area contributed by atoms with Crippen molar-refractivity contribution in [3.63, 3.8) is 0 Å². The largest absolute Gasteiger partial charge is 0.497 e. The minimum absolute atomic E-state index is 0.193. The van der Waals surface area contributed by atoms with Crippen molar-refractivity contribution in [2.75, 3.05) is 7.11 Å². The molecular formula is C28H25ClN4O2. The maximum Gasteiger partial charge on any atom is 0.268 e. The van der Waals surface area contributed by atoms with E-state index < -0.39 is 0 Å². The SMILES string of the molecule is COc1ccc(C[C@H](NC(=O)c2cc3ccccc3[nH]2)c2ncc(-c3ccccc3Cl)n2C)cc1. The molecule has 5 rings (SSSR count). The summed E-state index contributed by atoms with van der Waals surface area (Å²) in [6.45, 7) is 0. The molecule has 0 bridgehead atoms. The Balaban J connectivity index is 1.49. The van der Waals surface area contributed by atoms with Gasteiger partial charge in [0.25, 0.3) is 5.91 Å². The third-order valence-corrected chi connectivity index (χ3v) is 6.49. The van der Waals surface area contributed by atoms with Gasteiger partial charge in [-0.2, -0.15) is 0 Å². The number of benzene rings is 3. The van der Waals surface area contributed by atoms with Gasteiger partial charge in [0.1, 0.15) is 17.3 Å². The molecule has 5 aromatic rings. The van der Waals surface area contributed by atoms with E-state index in [-0.39, 0.29) is 11.9 Å². The summed E-state index contributed by atoms with van der Waals surface area (Å²) in [5, 5.41) is 4.83. The van der Waals surface area contributed by atoms with Crippen LogP contribution in [0.2, 0.25) is 5.02 Å². The van der Waals surface area contributed by atoms with Crippen molar-refractivity contribution < 1.29 is 9.53 Å². The Morgan fingerprint density at radius 1 is 1.09 bits per heavy atom. The minimum Gasteiger partial charge on any atom is -0.497 e. The molecule has 0 saturated heterocycles. The topological polar surface area (TPSA) is 71.9 Å². The molecule has 0 aliphatic carbocycles. The van der Waals surface area contributed by atoms with Gasteiger partial charge in [-0.1, -0.05) is 60.1 Å². The van der Waals surface area contributed by atoms with Crippen molar-refractivity contribution in [2.24, 2.45) is 7.05 Å². The van der Waals surface area contributed by atoms with E-state index in [1.165, 1.54) is 0 Å². The first kappa shape index (κ1) is 22.7. The summed E-state index contributed by atoms with van der Waals surface area (Å²) in [4.78, 5) is 21.2. The van der Waals surface area contributed by atoms with Gasteiger partial charge >= 0.3 is 0 Å². The van der Waals surface area contributed by atoms with Gasteiger partial charge in [-0.05, 0) is 42.3 Å². The van der Waals surface area contributed by atoms with Crippen LogP contribution in [0.4, 0.5) is 0 Å². The van der Waals surface area contributed by atoms with Gasteiger partial charge in [0.15, 0.2) is 0 Å². The number of amides is 1. The molecule has 3 aromatic carbocycles. The summed E-state index contributed by atoms with van der Waals surface area (Å²) in [6, 6.07) is 24.8. The van der Waals surface area contributed by atoms with Crippen LogP contribution in [-0.2, 0) is 13.5 Å². The fourth-order valence-corrected chi connectivity index (χ4v) is 4.54. The minimum atomic E-state index is -0.372. The van der Waals surface area contributed by atoms with E-state index in [0.717, 1.165) is 39.3 Å². The van der Waals surface area contributed by atoms with Crippen LogP contribution in [0.3, 0.4) is 0 Å². The Morgan fingerprint density at radius 3 is 2.57 bits per heavy atom. The number of carbonyl (C=O) groups is 1. The smallest absolute Gasteiger partial charge is 0.268 e. The second-order valence-corrected chi connectivity index (χ2v) is 8.80. The Bertz CT molecular complexity index is 1450. The van der Waals surface area contributed by atoms with Gasteiger partial charge in [0, 0.05) is 28.5 Å². The van der Waals surface area contributed by atoms with Crippen LogP contribution in [0.5, 0.6) is 5.75 Å². The number of fused-ring (bicyclic) bond motifs is 1. The second-order valence-electron chi connectivity index (χ2n) is 8.39. The van der Waals surface area contributed by atoms with E-state index in [0.29, 0.717) is 17.1 Å². The number of nitrogens with one attached hydrogen (secondary N) is 2. The number of nitrogens with zero attached hydrogens (tertiary/aromatic N) is 2. The average molecular weight is 485 g/mol. The molecule has 6 nitrogen and oxygen atoms in total. The van der Waals surface area contributed by atoms with Crippen molar-refractivity contribution in [1.29, 1.82) is 0 Å². The third kappa shape index (κ3) is 4.66. The molecule has 35 heavy (non-hydrogen) atoms. The Morgan fingerprint density at radius 2 is 1.83 bits per heavy atom. The molecule has 176 valence electrons. The Labute approximate surface area is 208 Å². The third-order valence-electron chi connectivity index (χ3n) is 6.16. The maximum atomic E-state index is 13.3. The van der Waals surface area contributed by atoms with Gasteiger partial charge in [0.05, 0.1) is 25.0 Å². The van der Waals surface area contributed by atoms with E-state index >= 15 is 0 Å². The summed E-state index contributed by atoms with van der Waals surface area (Å²) < 4.78 is 7.28. The van der Waals surface area contributed by atoms with Crippen LogP contribution >= 0.6 is 11.6 Å². The molecule has 2 aromatic heterocycles. The number of aromatic nitrogens is 3. The van der Waals surface area contributed by atoms with Crippen LogP contribution in [0.25, 0.3) is 22.2 Å². The number of methoxy groups -OCH3 is 1. The molecule has 0 spiro atoms. The number of hydrogen-bond donors (Lipinski definition) is 2. The van der Waals surface area contributed by atoms with Crippen molar-refractivity contribution in [2.45, 2.75) is 12.5 Å². The lowest BCUT2D eigenvalue weighted by atomic mass is 10.0. The Hall–Kier alpha value is -4.03. The highest BCUT2D eigenvalue weighted by Crippen LogP contribution is 2.30. The number of aromatic amines is 1. The van der Waals surface area contributed by atoms with E-state index in [1.54, 1.807) is 13.3 Å². The van der Waals surface area contributed by atoms with Crippen molar-refractivity contribution in [3.05, 3.63) is 107 Å². The zero-order valence-electron chi connectivity index (χ0n) is 19.5. The standard InChI is InChI=1S/C28H25ClN4O2/c1-33-26(21-8-4-5-9-22(21)29)17-30-27(33)24(15-18-11-13-20(35-2)14-12-18)32-28(34)25-16-19-7-3-6-10-23(19)31-25/h3-14,16-17,24,31H,15H2,1-2H3,(H,32,34)/t24-/m0/s1. The predicted molar refractivity (Wildman–Crippen MR) is 139 cm³/mol. The number of carbonyl (C=O) groups excluding carboxylic acids is 1. The quantitative estimate of drug-likeness (QED) is 0.300. The number of halogens is 1. The average Bonchev–Trinajstić information content (AvgIpc) is 3.48. The van der Waals surface area contributed by atoms with E-state index in [1.807, 2.05) is 90.5 Å². The Kier molecular flexibility index (Phi) is 6.29. The van der Waals surface area contributed by atoms with Crippen molar-refractivity contribution in [3.8, 4) is 17.0 Å². The molecule has 1 atom stereocenters. The summed E-state index contributed by atoms with van der Waals surface area (Å²) >= 11 is 6.45. The fraction of sp³-hybridized carbons (Fsp3) is 0.143. The lowest BCUT2D eigenvalue weighted by Gasteiger charge is -2.19. The molecule has 0 aliphatic rings. The highest BCUT2D eigenvalue weighted by molar-refractivity contribution is 6.33. The van der Waals surface area contributed by atoms with Gasteiger partial charge in [-0.15, -0.1) is 0 Å². The second kappa shape index (κ2) is 9.68. The van der Waals surface area contributed by atoms with Crippen LogP contribution in [-0.4, -0.2) is 27.6 Å². The maximum absolute atomic E-state index is 13.3. The van der Waals surface area contributed by atoms with Crippen LogP contribution < -0.4 is 10.1 Å². The molecule has 7 heteroatoms. The summed E-state index contributed by atoms with van der Waals surface area (Å²) in [7, 11) is 3.58.